The molecule has 0 atom stereocenters. The van der Waals surface area contributed by atoms with E-state index in [1.165, 1.54) is 12.1 Å². The number of sulfonamides is 1. The molecule has 96 valence electrons. The van der Waals surface area contributed by atoms with Gasteiger partial charge < -0.3 is 10.7 Å². The van der Waals surface area contributed by atoms with Crippen molar-refractivity contribution in [3.63, 3.8) is 0 Å². The van der Waals surface area contributed by atoms with Crippen molar-refractivity contribution in [3.05, 3.63) is 40.9 Å². The van der Waals surface area contributed by atoms with E-state index in [0.29, 0.717) is 10.3 Å². The largest absolute Gasteiger partial charge is 0.398 e. The normalized spacial score (nSPS) is 11.6. The van der Waals surface area contributed by atoms with E-state index in [0.717, 1.165) is 0 Å². The maximum Gasteiger partial charge on any atom is 0.243 e. The number of rotatable bonds is 4. The summed E-state index contributed by atoms with van der Waals surface area (Å²) in [7, 11) is -3.65. The first-order valence-corrected chi connectivity index (χ1v) is 7.29. The van der Waals surface area contributed by atoms with Gasteiger partial charge in [0.1, 0.15) is 10.7 Å². The number of hydrogen-bond donors (Lipinski definition) is 3. The Balaban J connectivity index is 2.22. The van der Waals surface area contributed by atoms with E-state index in [9.17, 15) is 8.42 Å². The van der Waals surface area contributed by atoms with Crippen LogP contribution in [0.25, 0.3) is 0 Å². The summed E-state index contributed by atoms with van der Waals surface area (Å²) >= 11 is 3.21. The van der Waals surface area contributed by atoms with E-state index in [1.807, 2.05) is 0 Å². The van der Waals surface area contributed by atoms with E-state index in [4.69, 9.17) is 5.73 Å². The number of benzene rings is 1. The van der Waals surface area contributed by atoms with Crippen LogP contribution in [0, 0.1) is 0 Å². The van der Waals surface area contributed by atoms with Gasteiger partial charge >= 0.3 is 0 Å². The Kier molecular flexibility index (Phi) is 3.69. The smallest absolute Gasteiger partial charge is 0.243 e. The number of nitrogens with one attached hydrogen (secondary N) is 2. The molecule has 0 bridgehead atoms. The third-order valence-electron chi connectivity index (χ3n) is 2.25. The minimum atomic E-state index is -3.65. The van der Waals surface area contributed by atoms with Crippen molar-refractivity contribution in [2.75, 3.05) is 5.73 Å². The minimum absolute atomic E-state index is 0.0448. The molecule has 1 aromatic heterocycles. The predicted octanol–water partition coefficient (Wildman–Crippen LogP) is 1.23. The number of H-pyrrole nitrogens is 1. The van der Waals surface area contributed by atoms with E-state index in [2.05, 4.69) is 30.6 Å². The Morgan fingerprint density at radius 2 is 2.22 bits per heavy atom. The fourth-order valence-electron chi connectivity index (χ4n) is 1.38. The molecule has 1 heterocycles. The van der Waals surface area contributed by atoms with E-state index in [-0.39, 0.29) is 17.1 Å². The summed E-state index contributed by atoms with van der Waals surface area (Å²) in [5, 5.41) is 0. The van der Waals surface area contributed by atoms with Crippen LogP contribution >= 0.6 is 15.9 Å². The van der Waals surface area contributed by atoms with Crippen LogP contribution in [0.4, 0.5) is 5.69 Å². The summed E-state index contributed by atoms with van der Waals surface area (Å²) < 4.78 is 27.2. The Morgan fingerprint density at radius 3 is 2.89 bits per heavy atom. The molecule has 0 aliphatic rings. The lowest BCUT2D eigenvalue weighted by molar-refractivity contribution is 0.580. The van der Waals surface area contributed by atoms with Crippen LogP contribution in [-0.4, -0.2) is 18.4 Å². The van der Waals surface area contributed by atoms with E-state index >= 15 is 0 Å². The van der Waals surface area contributed by atoms with Crippen molar-refractivity contribution in [2.45, 2.75) is 11.4 Å². The zero-order chi connectivity index (χ0) is 13.2. The first-order valence-electron chi connectivity index (χ1n) is 5.02. The SMILES string of the molecule is Nc1ccc(Br)cc1S(=O)(=O)NCc1ncc[nH]1. The number of nitrogens with zero attached hydrogens (tertiary/aromatic N) is 1. The molecule has 0 radical (unpaired) electrons. The van der Waals surface area contributed by atoms with Crippen LogP contribution in [0.15, 0.2) is 40.0 Å². The van der Waals surface area contributed by atoms with Crippen LogP contribution in [0.5, 0.6) is 0 Å². The van der Waals surface area contributed by atoms with Crippen molar-refractivity contribution < 1.29 is 8.42 Å². The molecule has 0 unspecified atom stereocenters. The maximum absolute atomic E-state index is 12.0. The lowest BCUT2D eigenvalue weighted by Crippen LogP contribution is -2.24. The topological polar surface area (TPSA) is 101 Å². The van der Waals surface area contributed by atoms with Crippen molar-refractivity contribution in [2.24, 2.45) is 0 Å². The van der Waals surface area contributed by atoms with Gasteiger partial charge in [0.25, 0.3) is 0 Å². The Hall–Kier alpha value is -1.38. The van der Waals surface area contributed by atoms with Crippen molar-refractivity contribution in [1.29, 1.82) is 0 Å². The molecule has 2 aromatic rings. The highest BCUT2D eigenvalue weighted by Crippen LogP contribution is 2.22. The highest BCUT2D eigenvalue weighted by Gasteiger charge is 2.17. The molecule has 0 fully saturated rings. The van der Waals surface area contributed by atoms with Gasteiger partial charge in [0.2, 0.25) is 10.0 Å². The highest BCUT2D eigenvalue weighted by molar-refractivity contribution is 9.10. The monoisotopic (exact) mass is 330 g/mol. The van der Waals surface area contributed by atoms with Gasteiger partial charge in [-0.05, 0) is 18.2 Å². The number of nitrogen functional groups attached to an aromatic ring is 1. The van der Waals surface area contributed by atoms with Gasteiger partial charge in [0.15, 0.2) is 0 Å². The zero-order valence-corrected chi connectivity index (χ0v) is 11.6. The average Bonchev–Trinajstić information content (AvgIpc) is 2.83. The first kappa shape index (κ1) is 13.1. The molecule has 0 amide bonds. The second-order valence-corrected chi connectivity index (χ2v) is 6.19. The van der Waals surface area contributed by atoms with Gasteiger partial charge in [-0.1, -0.05) is 15.9 Å². The molecule has 0 aliphatic heterocycles. The number of halogens is 1. The van der Waals surface area contributed by atoms with E-state index in [1.54, 1.807) is 18.5 Å². The van der Waals surface area contributed by atoms with Crippen LogP contribution in [-0.2, 0) is 16.6 Å². The first-order chi connectivity index (χ1) is 8.49. The number of imidazole rings is 1. The number of aromatic amines is 1. The third kappa shape index (κ3) is 2.89. The molecule has 0 saturated carbocycles. The Labute approximate surface area is 113 Å². The molecule has 0 aliphatic carbocycles. The molecule has 18 heavy (non-hydrogen) atoms. The standard InChI is InChI=1S/C10H11BrN4O2S/c11-7-1-2-8(12)9(5-7)18(16,17)15-6-10-13-3-4-14-10/h1-5,15H,6,12H2,(H,13,14). The minimum Gasteiger partial charge on any atom is -0.398 e. The molecular formula is C10H11BrN4O2S. The van der Waals surface area contributed by atoms with Crippen LogP contribution in [0.1, 0.15) is 5.82 Å². The summed E-state index contributed by atoms with van der Waals surface area (Å²) in [6.07, 6.45) is 3.17. The Bertz CT molecular complexity index is 640. The number of nitrogens with two attached hydrogens (primary N) is 1. The van der Waals surface area contributed by atoms with Crippen LogP contribution in [0.2, 0.25) is 0 Å². The third-order valence-corrected chi connectivity index (χ3v) is 4.20. The fraction of sp³-hybridized carbons (Fsp3) is 0.100. The average molecular weight is 331 g/mol. The van der Waals surface area contributed by atoms with Gasteiger partial charge in [-0.25, -0.2) is 18.1 Å². The zero-order valence-electron chi connectivity index (χ0n) is 9.22. The summed E-state index contributed by atoms with van der Waals surface area (Å²) in [5.74, 6) is 0.534. The van der Waals surface area contributed by atoms with Gasteiger partial charge in [-0.2, -0.15) is 0 Å². The molecule has 4 N–H and O–H groups in total. The molecule has 0 spiro atoms. The van der Waals surface area contributed by atoms with Gasteiger partial charge in [0.05, 0.1) is 12.2 Å². The lowest BCUT2D eigenvalue weighted by atomic mass is 10.3. The van der Waals surface area contributed by atoms with Crippen LogP contribution < -0.4 is 10.5 Å². The van der Waals surface area contributed by atoms with Crippen molar-refractivity contribution in [1.82, 2.24) is 14.7 Å². The van der Waals surface area contributed by atoms with Gasteiger partial charge in [-0.15, -0.1) is 0 Å². The summed E-state index contributed by atoms with van der Waals surface area (Å²) in [5.41, 5.74) is 5.86. The second kappa shape index (κ2) is 5.09. The molecular weight excluding hydrogens is 320 g/mol. The molecule has 0 saturated heterocycles. The van der Waals surface area contributed by atoms with Crippen molar-refractivity contribution in [3.8, 4) is 0 Å². The van der Waals surface area contributed by atoms with Crippen LogP contribution in [0.3, 0.4) is 0 Å². The summed E-state index contributed by atoms with van der Waals surface area (Å²) in [6.45, 7) is 0.0846. The van der Waals surface area contributed by atoms with Crippen molar-refractivity contribution >= 4 is 31.6 Å². The van der Waals surface area contributed by atoms with Gasteiger partial charge in [0, 0.05) is 16.9 Å². The molecule has 1 aromatic carbocycles. The molecule has 2 rings (SSSR count). The predicted molar refractivity (Wildman–Crippen MR) is 71.2 cm³/mol. The fourth-order valence-corrected chi connectivity index (χ4v) is 3.03. The van der Waals surface area contributed by atoms with Gasteiger partial charge in [-0.3, -0.25) is 0 Å². The number of hydrogen-bond acceptors (Lipinski definition) is 4. The number of aromatic nitrogens is 2. The molecule has 6 nitrogen and oxygen atoms in total. The van der Waals surface area contributed by atoms with E-state index < -0.39 is 10.0 Å². The number of anilines is 1. The quantitative estimate of drug-likeness (QED) is 0.734. The second-order valence-electron chi connectivity index (χ2n) is 3.54. The lowest BCUT2D eigenvalue weighted by Gasteiger charge is -2.08. The highest BCUT2D eigenvalue weighted by atomic mass is 79.9. The summed E-state index contributed by atoms with van der Waals surface area (Å²) in [4.78, 5) is 6.78. The summed E-state index contributed by atoms with van der Waals surface area (Å²) in [6, 6.07) is 4.67. The molecule has 8 heteroatoms. The maximum atomic E-state index is 12.0. The Morgan fingerprint density at radius 1 is 1.44 bits per heavy atom.